The smallest absolute Gasteiger partial charge is 0.370 e. The van der Waals surface area contributed by atoms with Gasteiger partial charge in [0.05, 0.1) is 23.4 Å². The van der Waals surface area contributed by atoms with E-state index in [1.54, 1.807) is 34.6 Å². The van der Waals surface area contributed by atoms with E-state index < -0.39 is 46.1 Å². The molecule has 1 N–H and O–H groups in total. The molecular formula is C20H34N2O8S. The van der Waals surface area contributed by atoms with E-state index in [1.165, 1.54) is 6.92 Å². The van der Waals surface area contributed by atoms with Crippen LogP contribution in [0.3, 0.4) is 0 Å². The van der Waals surface area contributed by atoms with E-state index in [4.69, 9.17) is 18.9 Å². The van der Waals surface area contributed by atoms with E-state index in [9.17, 15) is 19.2 Å². The highest BCUT2D eigenvalue weighted by molar-refractivity contribution is 8.14. The van der Waals surface area contributed by atoms with Crippen LogP contribution in [0.2, 0.25) is 0 Å². The Morgan fingerprint density at radius 1 is 1.03 bits per heavy atom. The predicted octanol–water partition coefficient (Wildman–Crippen LogP) is 1.56. The first-order valence-corrected chi connectivity index (χ1v) is 10.9. The molecule has 1 rings (SSSR count). The van der Waals surface area contributed by atoms with Crippen molar-refractivity contribution in [2.45, 2.75) is 52.3 Å². The Morgan fingerprint density at radius 3 is 2.19 bits per heavy atom. The van der Waals surface area contributed by atoms with Gasteiger partial charge >= 0.3 is 17.2 Å². The summed E-state index contributed by atoms with van der Waals surface area (Å²) in [6.07, 6.45) is 0. The fourth-order valence-electron chi connectivity index (χ4n) is 2.55. The molecule has 0 aromatic rings. The quantitative estimate of drug-likeness (QED) is 0.399. The number of morpholine rings is 1. The van der Waals surface area contributed by atoms with Crippen molar-refractivity contribution in [3.63, 3.8) is 0 Å². The zero-order valence-corrected chi connectivity index (χ0v) is 20.0. The minimum absolute atomic E-state index is 0.156. The second kappa shape index (κ2) is 12.3. The standard InChI is InChI=1S/C20H34N2O8S/c1-14(23)21-15(16(24)28-12-9-22-7-10-27-11-8-22)20(5,6)31-18(26)30-13-29-17(25)19(2,3)4/h15H,7-13H2,1-6H3,(H,21,23). The monoisotopic (exact) mass is 462 g/mol. The molecule has 10 nitrogen and oxygen atoms in total. The average molecular weight is 463 g/mol. The minimum atomic E-state index is -1.08. The van der Waals surface area contributed by atoms with Crippen molar-refractivity contribution in [2.24, 2.45) is 5.41 Å². The van der Waals surface area contributed by atoms with E-state index in [-0.39, 0.29) is 6.61 Å². The fraction of sp³-hybridized carbons (Fsp3) is 0.800. The normalized spacial score (nSPS) is 16.2. The lowest BCUT2D eigenvalue weighted by Crippen LogP contribution is -2.53. The van der Waals surface area contributed by atoms with Crippen molar-refractivity contribution in [1.29, 1.82) is 0 Å². The maximum Gasteiger partial charge on any atom is 0.370 e. The molecular weight excluding hydrogens is 428 g/mol. The van der Waals surface area contributed by atoms with Crippen LogP contribution in [0.1, 0.15) is 41.5 Å². The lowest BCUT2D eigenvalue weighted by molar-refractivity contribution is -0.160. The molecule has 178 valence electrons. The maximum atomic E-state index is 12.6. The van der Waals surface area contributed by atoms with E-state index in [0.717, 1.165) is 13.1 Å². The van der Waals surface area contributed by atoms with Crippen molar-refractivity contribution in [1.82, 2.24) is 10.2 Å². The first kappa shape index (κ1) is 27.2. The second-order valence-electron chi connectivity index (χ2n) is 8.65. The van der Waals surface area contributed by atoms with Crippen molar-refractivity contribution in [3.05, 3.63) is 0 Å². The molecule has 1 fully saturated rings. The van der Waals surface area contributed by atoms with Crippen LogP contribution in [-0.2, 0) is 33.3 Å². The minimum Gasteiger partial charge on any atom is -0.463 e. The lowest BCUT2D eigenvalue weighted by atomic mass is 9.98. The van der Waals surface area contributed by atoms with Gasteiger partial charge in [-0.2, -0.15) is 0 Å². The van der Waals surface area contributed by atoms with Crippen LogP contribution in [0, 0.1) is 5.41 Å². The van der Waals surface area contributed by atoms with E-state index in [1.807, 2.05) is 0 Å². The summed E-state index contributed by atoms with van der Waals surface area (Å²) in [5.41, 5.74) is -0.722. The van der Waals surface area contributed by atoms with Crippen LogP contribution in [0.4, 0.5) is 4.79 Å². The third-order valence-corrected chi connectivity index (χ3v) is 5.41. The molecule has 1 unspecified atom stereocenters. The SMILES string of the molecule is CC(=O)NC(C(=O)OCCN1CCOCC1)C(C)(C)SC(=O)OCOC(=O)C(C)(C)C. The Morgan fingerprint density at radius 2 is 1.65 bits per heavy atom. The number of thioether (sulfide) groups is 1. The number of rotatable bonds is 9. The van der Waals surface area contributed by atoms with E-state index >= 15 is 0 Å². The third-order valence-electron chi connectivity index (χ3n) is 4.36. The van der Waals surface area contributed by atoms with Crippen LogP contribution in [0.25, 0.3) is 0 Å². The Kier molecular flexibility index (Phi) is 10.7. The van der Waals surface area contributed by atoms with Gasteiger partial charge in [0.2, 0.25) is 12.7 Å². The summed E-state index contributed by atoms with van der Waals surface area (Å²) >= 11 is 0.706. The number of carbonyl (C=O) groups is 4. The number of carbonyl (C=O) groups excluding carboxylic acids is 4. The van der Waals surface area contributed by atoms with Crippen LogP contribution in [0.5, 0.6) is 0 Å². The number of nitrogens with one attached hydrogen (secondary N) is 1. The number of nitrogens with zero attached hydrogens (tertiary/aromatic N) is 1. The molecule has 1 heterocycles. The van der Waals surface area contributed by atoms with E-state index in [2.05, 4.69) is 10.2 Å². The number of esters is 2. The predicted molar refractivity (Wildman–Crippen MR) is 114 cm³/mol. The topological polar surface area (TPSA) is 120 Å². The Labute approximate surface area is 187 Å². The van der Waals surface area contributed by atoms with Gasteiger partial charge in [-0.1, -0.05) is 0 Å². The van der Waals surface area contributed by atoms with Gasteiger partial charge < -0.3 is 24.3 Å². The van der Waals surface area contributed by atoms with Gasteiger partial charge in [0.25, 0.3) is 0 Å². The van der Waals surface area contributed by atoms with Gasteiger partial charge in [0, 0.05) is 26.6 Å². The van der Waals surface area contributed by atoms with Gasteiger partial charge in [-0.3, -0.25) is 14.5 Å². The molecule has 1 atom stereocenters. The zero-order chi connectivity index (χ0) is 23.7. The van der Waals surface area contributed by atoms with Crippen molar-refractivity contribution in [2.75, 3.05) is 46.2 Å². The molecule has 0 saturated carbocycles. The van der Waals surface area contributed by atoms with Gasteiger partial charge in [0.1, 0.15) is 12.6 Å². The molecule has 0 aromatic carbocycles. The average Bonchev–Trinajstić information content (AvgIpc) is 2.65. The maximum absolute atomic E-state index is 12.6. The summed E-state index contributed by atoms with van der Waals surface area (Å²) in [5, 5.41) is 1.80. The van der Waals surface area contributed by atoms with Crippen molar-refractivity contribution in [3.8, 4) is 0 Å². The molecule has 0 aromatic heterocycles. The molecule has 1 amide bonds. The van der Waals surface area contributed by atoms with E-state index in [0.29, 0.717) is 31.5 Å². The van der Waals surface area contributed by atoms with Gasteiger partial charge in [-0.25, -0.2) is 9.59 Å². The summed E-state index contributed by atoms with van der Waals surface area (Å²) in [6, 6.07) is -1.08. The highest BCUT2D eigenvalue weighted by atomic mass is 32.2. The highest BCUT2D eigenvalue weighted by Gasteiger charge is 2.40. The van der Waals surface area contributed by atoms with Gasteiger partial charge in [0.15, 0.2) is 0 Å². The van der Waals surface area contributed by atoms with Gasteiger partial charge in [-0.15, -0.1) is 0 Å². The van der Waals surface area contributed by atoms with Crippen molar-refractivity contribution >= 4 is 34.9 Å². The number of ether oxygens (including phenoxy) is 4. The number of hydrogen-bond acceptors (Lipinski definition) is 10. The molecule has 31 heavy (non-hydrogen) atoms. The van der Waals surface area contributed by atoms with Crippen LogP contribution in [0.15, 0.2) is 0 Å². The largest absolute Gasteiger partial charge is 0.463 e. The fourth-order valence-corrected chi connectivity index (χ4v) is 3.36. The molecule has 0 aliphatic carbocycles. The van der Waals surface area contributed by atoms with Crippen molar-refractivity contribution < 1.29 is 38.1 Å². The summed E-state index contributed by atoms with van der Waals surface area (Å²) < 4.78 is 19.4. The molecule has 1 aliphatic rings. The number of amides is 1. The molecule has 0 spiro atoms. The molecule has 0 bridgehead atoms. The molecule has 11 heteroatoms. The second-order valence-corrected chi connectivity index (χ2v) is 10.2. The lowest BCUT2D eigenvalue weighted by Gasteiger charge is -2.32. The molecule has 1 aliphatic heterocycles. The highest BCUT2D eigenvalue weighted by Crippen LogP contribution is 2.31. The van der Waals surface area contributed by atoms with Crippen LogP contribution >= 0.6 is 11.8 Å². The Hall–Kier alpha value is -1.85. The first-order valence-electron chi connectivity index (χ1n) is 10.1. The third kappa shape index (κ3) is 10.3. The Balaban J connectivity index is 2.59. The summed E-state index contributed by atoms with van der Waals surface area (Å²) in [5.74, 6) is -1.59. The number of hydrogen-bond donors (Lipinski definition) is 1. The first-order chi connectivity index (χ1) is 14.3. The zero-order valence-electron chi connectivity index (χ0n) is 19.1. The summed E-state index contributed by atoms with van der Waals surface area (Å²) in [6.45, 7) is 12.5. The molecule has 1 saturated heterocycles. The van der Waals surface area contributed by atoms with Crippen LogP contribution in [-0.4, -0.2) is 85.1 Å². The molecule has 0 radical (unpaired) electrons. The van der Waals surface area contributed by atoms with Gasteiger partial charge in [-0.05, 0) is 46.4 Å². The summed E-state index contributed by atoms with van der Waals surface area (Å²) in [7, 11) is 0. The Bertz CT molecular complexity index is 642. The van der Waals surface area contributed by atoms with Crippen LogP contribution < -0.4 is 5.32 Å². The summed E-state index contributed by atoms with van der Waals surface area (Å²) in [4.78, 5) is 50.3.